The molecule has 0 aliphatic carbocycles. The summed E-state index contributed by atoms with van der Waals surface area (Å²) in [6, 6.07) is 30.3. The molecule has 2 heteroatoms. The van der Waals surface area contributed by atoms with Crippen LogP contribution in [-0.4, -0.2) is 5.11 Å². The Bertz CT molecular complexity index is 683. The van der Waals surface area contributed by atoms with Crippen LogP contribution in [0.3, 0.4) is 0 Å². The molecular formula is C20H18OS. The van der Waals surface area contributed by atoms with Gasteiger partial charge in [0.25, 0.3) is 0 Å². The first-order valence-electron chi connectivity index (χ1n) is 7.34. The average Bonchev–Trinajstić information content (AvgIpc) is 2.61. The van der Waals surface area contributed by atoms with E-state index in [1.54, 1.807) is 11.8 Å². The van der Waals surface area contributed by atoms with E-state index in [0.717, 1.165) is 16.0 Å². The summed E-state index contributed by atoms with van der Waals surface area (Å²) < 4.78 is 0. The molecule has 22 heavy (non-hydrogen) atoms. The lowest BCUT2D eigenvalue weighted by Crippen LogP contribution is -2.08. The summed E-state index contributed by atoms with van der Waals surface area (Å²) in [5, 5.41) is 10.8. The van der Waals surface area contributed by atoms with E-state index in [-0.39, 0.29) is 5.25 Å². The predicted octanol–water partition coefficient (Wildman–Crippen LogP) is 5.25. The van der Waals surface area contributed by atoms with Crippen LogP contribution in [0.5, 0.6) is 0 Å². The maximum Gasteiger partial charge on any atom is 0.0952 e. The van der Waals surface area contributed by atoms with Gasteiger partial charge < -0.3 is 5.11 Å². The Labute approximate surface area is 135 Å². The third-order valence-corrected chi connectivity index (χ3v) is 4.89. The van der Waals surface area contributed by atoms with Crippen LogP contribution in [0.4, 0.5) is 0 Å². The molecule has 0 heterocycles. The zero-order chi connectivity index (χ0) is 15.2. The third kappa shape index (κ3) is 3.59. The molecule has 3 rings (SSSR count). The molecule has 0 unspecified atom stereocenters. The first kappa shape index (κ1) is 14.9. The van der Waals surface area contributed by atoms with Crippen molar-refractivity contribution >= 4 is 11.8 Å². The molecule has 0 saturated heterocycles. The van der Waals surface area contributed by atoms with E-state index in [1.807, 2.05) is 66.7 Å². The fraction of sp³-hybridized carbons (Fsp3) is 0.100. The second kappa shape index (κ2) is 7.30. The smallest absolute Gasteiger partial charge is 0.0952 e. The quantitative estimate of drug-likeness (QED) is 0.649. The number of thioether (sulfide) groups is 1. The van der Waals surface area contributed by atoms with Gasteiger partial charge in [-0.05, 0) is 23.3 Å². The standard InChI is InChI=1S/C20H18OS/c21-19(16-10-4-1-5-11-16)20(17-12-6-2-7-13-17)22-18-14-8-3-9-15-18/h1-15,19-21H/t19-,20-/m1/s1. The zero-order valence-electron chi connectivity index (χ0n) is 12.2. The van der Waals surface area contributed by atoms with Crippen molar-refractivity contribution in [2.75, 3.05) is 0 Å². The normalized spacial score (nSPS) is 13.5. The summed E-state index contributed by atoms with van der Waals surface area (Å²) >= 11 is 1.69. The summed E-state index contributed by atoms with van der Waals surface area (Å²) in [6.07, 6.45) is -0.547. The molecule has 2 atom stereocenters. The van der Waals surface area contributed by atoms with Gasteiger partial charge in [-0.15, -0.1) is 11.8 Å². The minimum absolute atomic E-state index is 0.0361. The Morgan fingerprint density at radius 3 is 1.59 bits per heavy atom. The molecule has 0 radical (unpaired) electrons. The molecule has 1 nitrogen and oxygen atoms in total. The first-order chi connectivity index (χ1) is 10.8. The van der Waals surface area contributed by atoms with Gasteiger partial charge >= 0.3 is 0 Å². The largest absolute Gasteiger partial charge is 0.387 e. The summed E-state index contributed by atoms with van der Waals surface area (Å²) in [6.45, 7) is 0. The van der Waals surface area contributed by atoms with Crippen molar-refractivity contribution in [1.82, 2.24) is 0 Å². The molecule has 0 spiro atoms. The molecule has 0 aliphatic heterocycles. The highest BCUT2D eigenvalue weighted by Gasteiger charge is 2.23. The van der Waals surface area contributed by atoms with Crippen LogP contribution >= 0.6 is 11.8 Å². The van der Waals surface area contributed by atoms with E-state index in [1.165, 1.54) is 0 Å². The van der Waals surface area contributed by atoms with Crippen molar-refractivity contribution in [3.05, 3.63) is 102 Å². The monoisotopic (exact) mass is 306 g/mol. The van der Waals surface area contributed by atoms with Gasteiger partial charge in [0.15, 0.2) is 0 Å². The molecule has 1 N–H and O–H groups in total. The van der Waals surface area contributed by atoms with Crippen molar-refractivity contribution in [1.29, 1.82) is 0 Å². The lowest BCUT2D eigenvalue weighted by molar-refractivity contribution is 0.175. The first-order valence-corrected chi connectivity index (χ1v) is 8.22. The van der Waals surface area contributed by atoms with Gasteiger partial charge in [-0.2, -0.15) is 0 Å². The number of aliphatic hydroxyl groups excluding tert-OH is 1. The summed E-state index contributed by atoms with van der Waals surface area (Å²) in [4.78, 5) is 1.16. The molecule has 0 bridgehead atoms. The maximum atomic E-state index is 10.9. The lowest BCUT2D eigenvalue weighted by Gasteiger charge is -2.23. The fourth-order valence-corrected chi connectivity index (χ4v) is 3.61. The number of aliphatic hydroxyl groups is 1. The van der Waals surface area contributed by atoms with Crippen LogP contribution in [-0.2, 0) is 0 Å². The Balaban J connectivity index is 1.93. The molecule has 110 valence electrons. The summed E-state index contributed by atoms with van der Waals surface area (Å²) in [7, 11) is 0. The Hall–Kier alpha value is -2.03. The van der Waals surface area contributed by atoms with Crippen molar-refractivity contribution in [2.45, 2.75) is 16.2 Å². The van der Waals surface area contributed by atoms with E-state index in [9.17, 15) is 5.11 Å². The Morgan fingerprint density at radius 2 is 1.05 bits per heavy atom. The molecule has 0 amide bonds. The lowest BCUT2D eigenvalue weighted by atomic mass is 10.0. The molecule has 3 aromatic rings. The second-order valence-corrected chi connectivity index (χ2v) is 6.33. The van der Waals surface area contributed by atoms with Crippen LogP contribution in [0.15, 0.2) is 95.9 Å². The van der Waals surface area contributed by atoms with Gasteiger partial charge in [-0.3, -0.25) is 0 Å². The van der Waals surface area contributed by atoms with Crippen LogP contribution < -0.4 is 0 Å². The zero-order valence-corrected chi connectivity index (χ0v) is 13.0. The second-order valence-electron chi connectivity index (χ2n) is 5.12. The summed E-state index contributed by atoms with van der Waals surface area (Å²) in [5.74, 6) is 0. The molecule has 3 aromatic carbocycles. The van der Waals surface area contributed by atoms with Gasteiger partial charge in [0.2, 0.25) is 0 Å². The number of benzene rings is 3. The van der Waals surface area contributed by atoms with E-state index < -0.39 is 6.10 Å². The number of hydrogen-bond acceptors (Lipinski definition) is 2. The molecule has 0 aromatic heterocycles. The van der Waals surface area contributed by atoms with Crippen LogP contribution in [0, 0.1) is 0 Å². The van der Waals surface area contributed by atoms with Gasteiger partial charge in [0.1, 0.15) is 0 Å². The highest BCUT2D eigenvalue weighted by Crippen LogP contribution is 2.43. The van der Waals surface area contributed by atoms with Crippen molar-refractivity contribution < 1.29 is 5.11 Å². The van der Waals surface area contributed by atoms with E-state index >= 15 is 0 Å². The molecule has 0 fully saturated rings. The highest BCUT2D eigenvalue weighted by molar-refractivity contribution is 7.99. The molecule has 0 aliphatic rings. The maximum absolute atomic E-state index is 10.9. The number of rotatable bonds is 5. The number of hydrogen-bond donors (Lipinski definition) is 1. The SMILES string of the molecule is O[C@H](c1ccccc1)[C@H](Sc1ccccc1)c1ccccc1. The van der Waals surface area contributed by atoms with Crippen molar-refractivity contribution in [3.8, 4) is 0 Å². The van der Waals surface area contributed by atoms with Gasteiger partial charge in [0.05, 0.1) is 11.4 Å². The fourth-order valence-electron chi connectivity index (χ4n) is 2.43. The van der Waals surface area contributed by atoms with Crippen molar-refractivity contribution in [2.24, 2.45) is 0 Å². The van der Waals surface area contributed by atoms with E-state index in [4.69, 9.17) is 0 Å². The minimum Gasteiger partial charge on any atom is -0.387 e. The van der Waals surface area contributed by atoms with Crippen LogP contribution in [0.25, 0.3) is 0 Å². The average molecular weight is 306 g/mol. The topological polar surface area (TPSA) is 20.2 Å². The van der Waals surface area contributed by atoms with Gasteiger partial charge in [0, 0.05) is 4.90 Å². The summed E-state index contributed by atoms with van der Waals surface area (Å²) in [5.41, 5.74) is 2.08. The van der Waals surface area contributed by atoms with Gasteiger partial charge in [-0.25, -0.2) is 0 Å². The minimum atomic E-state index is -0.547. The van der Waals surface area contributed by atoms with Gasteiger partial charge in [-0.1, -0.05) is 78.9 Å². The Morgan fingerprint density at radius 1 is 0.591 bits per heavy atom. The predicted molar refractivity (Wildman–Crippen MR) is 92.9 cm³/mol. The van der Waals surface area contributed by atoms with Crippen molar-refractivity contribution in [3.63, 3.8) is 0 Å². The molecule has 0 saturated carbocycles. The highest BCUT2D eigenvalue weighted by atomic mass is 32.2. The van der Waals surface area contributed by atoms with E-state index in [2.05, 4.69) is 24.3 Å². The molecular weight excluding hydrogens is 288 g/mol. The van der Waals surface area contributed by atoms with E-state index in [0.29, 0.717) is 0 Å². The third-order valence-electron chi connectivity index (χ3n) is 3.56. The van der Waals surface area contributed by atoms with Crippen LogP contribution in [0.2, 0.25) is 0 Å². The Kier molecular flexibility index (Phi) is 4.94. The van der Waals surface area contributed by atoms with Crippen LogP contribution in [0.1, 0.15) is 22.5 Å².